The van der Waals surface area contributed by atoms with Gasteiger partial charge in [-0.2, -0.15) is 0 Å². The van der Waals surface area contributed by atoms with Crippen LogP contribution in [0.5, 0.6) is 0 Å². The first-order chi connectivity index (χ1) is 6.58. The minimum absolute atomic E-state index is 0.139. The summed E-state index contributed by atoms with van der Waals surface area (Å²) in [5.74, 6) is 0.139. The van der Waals surface area contributed by atoms with E-state index in [1.54, 1.807) is 0 Å². The minimum Gasteiger partial charge on any atom is -0.352 e. The maximum Gasteiger partial charge on any atom is 0.234 e. The molecular formula is C10H21N3O. The van der Waals surface area contributed by atoms with Crippen LogP contribution in [0.3, 0.4) is 0 Å². The van der Waals surface area contributed by atoms with E-state index in [-0.39, 0.29) is 11.9 Å². The minimum atomic E-state index is 0.139. The smallest absolute Gasteiger partial charge is 0.234 e. The van der Waals surface area contributed by atoms with E-state index < -0.39 is 0 Å². The van der Waals surface area contributed by atoms with Gasteiger partial charge in [0.2, 0.25) is 5.91 Å². The van der Waals surface area contributed by atoms with Crippen LogP contribution >= 0.6 is 0 Å². The van der Waals surface area contributed by atoms with E-state index in [1.165, 1.54) is 0 Å². The molecule has 0 radical (unpaired) electrons. The lowest BCUT2D eigenvalue weighted by Gasteiger charge is -2.17. The van der Waals surface area contributed by atoms with Crippen LogP contribution < -0.4 is 11.1 Å². The number of nitrogens with two attached hydrogens (primary N) is 1. The number of rotatable bonds is 6. The van der Waals surface area contributed by atoms with Gasteiger partial charge in [0.25, 0.3) is 0 Å². The average Bonchev–Trinajstić information content (AvgIpc) is 2.84. The molecule has 1 atom stereocenters. The number of carbonyl (C=O) groups is 1. The maximum atomic E-state index is 11.4. The van der Waals surface area contributed by atoms with Crippen molar-refractivity contribution in [2.45, 2.75) is 38.3 Å². The van der Waals surface area contributed by atoms with Crippen LogP contribution in [0.1, 0.15) is 26.2 Å². The summed E-state index contributed by atoms with van der Waals surface area (Å²) in [6.45, 7) is 3.36. The van der Waals surface area contributed by atoms with E-state index in [2.05, 4.69) is 5.32 Å². The first kappa shape index (κ1) is 11.5. The molecule has 14 heavy (non-hydrogen) atoms. The summed E-state index contributed by atoms with van der Waals surface area (Å²) in [6, 6.07) is 0.674. The van der Waals surface area contributed by atoms with Crippen molar-refractivity contribution in [3.63, 3.8) is 0 Å². The molecular weight excluding hydrogens is 178 g/mol. The number of carbonyl (C=O) groups excluding carboxylic acids is 1. The second kappa shape index (κ2) is 5.32. The Balaban J connectivity index is 2.05. The van der Waals surface area contributed by atoms with Gasteiger partial charge in [-0.1, -0.05) is 0 Å². The zero-order valence-corrected chi connectivity index (χ0v) is 9.12. The Hall–Kier alpha value is -0.610. The van der Waals surface area contributed by atoms with Crippen LogP contribution in [0.15, 0.2) is 0 Å². The third-order valence-corrected chi connectivity index (χ3v) is 2.32. The first-order valence-corrected chi connectivity index (χ1v) is 5.31. The van der Waals surface area contributed by atoms with Gasteiger partial charge in [-0.15, -0.1) is 0 Å². The zero-order valence-electron chi connectivity index (χ0n) is 9.12. The van der Waals surface area contributed by atoms with Gasteiger partial charge in [-0.25, -0.2) is 0 Å². The van der Waals surface area contributed by atoms with Crippen LogP contribution in [0, 0.1) is 0 Å². The largest absolute Gasteiger partial charge is 0.352 e. The topological polar surface area (TPSA) is 58.4 Å². The zero-order chi connectivity index (χ0) is 10.6. The lowest BCUT2D eigenvalue weighted by molar-refractivity contribution is -0.122. The molecule has 0 aromatic carbocycles. The monoisotopic (exact) mass is 199 g/mol. The van der Waals surface area contributed by atoms with Crippen molar-refractivity contribution < 1.29 is 4.79 Å². The quantitative estimate of drug-likeness (QED) is 0.630. The van der Waals surface area contributed by atoms with Crippen molar-refractivity contribution in [1.82, 2.24) is 10.2 Å². The van der Waals surface area contributed by atoms with Crippen molar-refractivity contribution >= 4 is 5.91 Å². The predicted molar refractivity (Wildman–Crippen MR) is 56.9 cm³/mol. The Morgan fingerprint density at radius 2 is 2.29 bits per heavy atom. The Morgan fingerprint density at radius 3 is 2.79 bits per heavy atom. The molecule has 1 saturated carbocycles. The second-order valence-electron chi connectivity index (χ2n) is 4.35. The fourth-order valence-corrected chi connectivity index (χ4v) is 1.25. The third kappa shape index (κ3) is 5.19. The lowest BCUT2D eigenvalue weighted by Crippen LogP contribution is -2.37. The molecule has 82 valence electrons. The molecule has 0 spiro atoms. The number of hydrogen-bond donors (Lipinski definition) is 2. The molecule has 1 amide bonds. The van der Waals surface area contributed by atoms with E-state index in [4.69, 9.17) is 5.73 Å². The summed E-state index contributed by atoms with van der Waals surface area (Å²) in [7, 11) is 1.95. The van der Waals surface area contributed by atoms with Gasteiger partial charge < -0.3 is 11.1 Å². The summed E-state index contributed by atoms with van der Waals surface area (Å²) in [4.78, 5) is 13.4. The Kier molecular flexibility index (Phi) is 4.35. The average molecular weight is 199 g/mol. The van der Waals surface area contributed by atoms with E-state index >= 15 is 0 Å². The van der Waals surface area contributed by atoms with Gasteiger partial charge in [0.05, 0.1) is 6.54 Å². The summed E-state index contributed by atoms with van der Waals surface area (Å²) < 4.78 is 0. The summed E-state index contributed by atoms with van der Waals surface area (Å²) in [5.41, 5.74) is 5.64. The standard InChI is InChI=1S/C10H21N3O/c1-8(11)5-6-13(2)7-10(14)12-9-3-4-9/h8-9H,3-7,11H2,1-2H3,(H,12,14). The van der Waals surface area contributed by atoms with Gasteiger partial charge in [0, 0.05) is 12.1 Å². The molecule has 4 nitrogen and oxygen atoms in total. The third-order valence-electron chi connectivity index (χ3n) is 2.32. The Bertz CT molecular complexity index is 190. The molecule has 1 aliphatic carbocycles. The molecule has 3 N–H and O–H groups in total. The highest BCUT2D eigenvalue weighted by molar-refractivity contribution is 5.78. The molecule has 0 aliphatic heterocycles. The predicted octanol–water partition coefficient (Wildman–Crippen LogP) is -0.0659. The summed E-state index contributed by atoms with van der Waals surface area (Å²) >= 11 is 0. The van der Waals surface area contributed by atoms with E-state index in [0.717, 1.165) is 25.8 Å². The van der Waals surface area contributed by atoms with Crippen LogP contribution in [0.4, 0.5) is 0 Å². The molecule has 1 unspecified atom stereocenters. The van der Waals surface area contributed by atoms with E-state index in [9.17, 15) is 4.79 Å². The van der Waals surface area contributed by atoms with Crippen LogP contribution in [-0.2, 0) is 4.79 Å². The van der Waals surface area contributed by atoms with Crippen molar-refractivity contribution in [3.8, 4) is 0 Å². The molecule has 0 aromatic rings. The number of nitrogens with zero attached hydrogens (tertiary/aromatic N) is 1. The van der Waals surface area contributed by atoms with Crippen LogP contribution in [0.2, 0.25) is 0 Å². The number of hydrogen-bond acceptors (Lipinski definition) is 3. The molecule has 0 bridgehead atoms. The fourth-order valence-electron chi connectivity index (χ4n) is 1.25. The van der Waals surface area contributed by atoms with Crippen molar-refractivity contribution in [2.75, 3.05) is 20.1 Å². The SMILES string of the molecule is CC(N)CCN(C)CC(=O)NC1CC1. The molecule has 0 aromatic heterocycles. The van der Waals surface area contributed by atoms with Crippen molar-refractivity contribution in [2.24, 2.45) is 5.73 Å². The lowest BCUT2D eigenvalue weighted by atomic mass is 10.2. The highest BCUT2D eigenvalue weighted by Gasteiger charge is 2.23. The highest BCUT2D eigenvalue weighted by atomic mass is 16.2. The van der Waals surface area contributed by atoms with Crippen LogP contribution in [0.25, 0.3) is 0 Å². The van der Waals surface area contributed by atoms with E-state index in [1.807, 2.05) is 18.9 Å². The van der Waals surface area contributed by atoms with Gasteiger partial charge in [0.15, 0.2) is 0 Å². The van der Waals surface area contributed by atoms with Gasteiger partial charge in [0.1, 0.15) is 0 Å². The van der Waals surface area contributed by atoms with Gasteiger partial charge in [-0.05, 0) is 39.8 Å². The highest BCUT2D eigenvalue weighted by Crippen LogP contribution is 2.18. The maximum absolute atomic E-state index is 11.4. The second-order valence-corrected chi connectivity index (χ2v) is 4.35. The number of likely N-dealkylation sites (N-methyl/N-ethyl adjacent to an activating group) is 1. The van der Waals surface area contributed by atoms with Crippen molar-refractivity contribution in [3.05, 3.63) is 0 Å². The molecule has 1 rings (SSSR count). The van der Waals surface area contributed by atoms with Gasteiger partial charge in [-0.3, -0.25) is 9.69 Å². The molecule has 1 aliphatic rings. The number of nitrogens with one attached hydrogen (secondary N) is 1. The normalized spacial score (nSPS) is 18.3. The summed E-state index contributed by atoms with van der Waals surface area (Å²) in [5, 5.41) is 2.96. The summed E-state index contributed by atoms with van der Waals surface area (Å²) in [6.07, 6.45) is 3.23. The fraction of sp³-hybridized carbons (Fsp3) is 0.900. The first-order valence-electron chi connectivity index (χ1n) is 5.31. The Labute approximate surface area is 85.8 Å². The molecule has 4 heteroatoms. The number of amides is 1. The Morgan fingerprint density at radius 1 is 1.64 bits per heavy atom. The van der Waals surface area contributed by atoms with E-state index in [0.29, 0.717) is 12.6 Å². The molecule has 0 saturated heterocycles. The molecule has 1 fully saturated rings. The van der Waals surface area contributed by atoms with Gasteiger partial charge >= 0.3 is 0 Å². The molecule has 0 heterocycles. The van der Waals surface area contributed by atoms with Crippen molar-refractivity contribution in [1.29, 1.82) is 0 Å². The van der Waals surface area contributed by atoms with Crippen LogP contribution in [-0.4, -0.2) is 43.0 Å².